The topological polar surface area (TPSA) is 8.17 Å². The van der Waals surface area contributed by atoms with E-state index in [4.69, 9.17) is 11.6 Å². The van der Waals surface area contributed by atoms with E-state index in [1.54, 1.807) is 0 Å². The SMILES string of the molecule is Cl.Cn1c(CSc2cccc(Cl)c2)c(CN2CCCCC2)c2ccccc21. The Kier molecular flexibility index (Phi) is 7.16. The Morgan fingerprint density at radius 3 is 2.56 bits per heavy atom. The van der Waals surface area contributed by atoms with Crippen molar-refractivity contribution >= 4 is 46.7 Å². The highest BCUT2D eigenvalue weighted by Crippen LogP contribution is 2.32. The minimum atomic E-state index is 0. The number of fused-ring (bicyclic) bond motifs is 1. The summed E-state index contributed by atoms with van der Waals surface area (Å²) in [5, 5.41) is 2.21. The van der Waals surface area contributed by atoms with Gasteiger partial charge in [0.05, 0.1) is 0 Å². The Labute approximate surface area is 177 Å². The molecule has 0 aliphatic carbocycles. The molecule has 0 unspecified atom stereocenters. The molecule has 1 aromatic heterocycles. The number of nitrogens with zero attached hydrogens (tertiary/aromatic N) is 2. The van der Waals surface area contributed by atoms with Crippen LogP contribution in [0.5, 0.6) is 0 Å². The Balaban J connectivity index is 0.00000210. The summed E-state index contributed by atoms with van der Waals surface area (Å²) in [6, 6.07) is 17.0. The molecule has 0 bridgehead atoms. The zero-order valence-electron chi connectivity index (χ0n) is 15.7. The van der Waals surface area contributed by atoms with E-state index in [1.165, 1.54) is 59.4 Å². The van der Waals surface area contributed by atoms with Crippen LogP contribution >= 0.6 is 35.8 Å². The summed E-state index contributed by atoms with van der Waals surface area (Å²) in [6.45, 7) is 3.51. The van der Waals surface area contributed by atoms with E-state index >= 15 is 0 Å². The van der Waals surface area contributed by atoms with E-state index in [9.17, 15) is 0 Å². The summed E-state index contributed by atoms with van der Waals surface area (Å²) in [7, 11) is 2.20. The Hall–Kier alpha value is -1.13. The molecule has 1 aliphatic heterocycles. The zero-order chi connectivity index (χ0) is 17.9. The van der Waals surface area contributed by atoms with Gasteiger partial charge in [-0.15, -0.1) is 24.2 Å². The summed E-state index contributed by atoms with van der Waals surface area (Å²) < 4.78 is 2.38. The molecule has 0 saturated carbocycles. The summed E-state index contributed by atoms with van der Waals surface area (Å²) in [5.41, 5.74) is 4.27. The Bertz CT molecular complexity index is 900. The lowest BCUT2D eigenvalue weighted by atomic mass is 10.1. The molecule has 4 rings (SSSR count). The van der Waals surface area contributed by atoms with Crippen molar-refractivity contribution in [3.8, 4) is 0 Å². The van der Waals surface area contributed by atoms with Crippen LogP contribution < -0.4 is 0 Å². The maximum atomic E-state index is 6.16. The number of halogens is 2. The number of rotatable bonds is 5. The number of piperidine rings is 1. The van der Waals surface area contributed by atoms with E-state index < -0.39 is 0 Å². The van der Waals surface area contributed by atoms with Gasteiger partial charge in [-0.3, -0.25) is 4.90 Å². The van der Waals surface area contributed by atoms with Gasteiger partial charge in [0, 0.05) is 45.9 Å². The minimum Gasteiger partial charge on any atom is -0.347 e. The highest BCUT2D eigenvalue weighted by molar-refractivity contribution is 7.98. The van der Waals surface area contributed by atoms with Gasteiger partial charge >= 0.3 is 0 Å². The minimum absolute atomic E-state index is 0. The Morgan fingerprint density at radius 1 is 1.00 bits per heavy atom. The van der Waals surface area contributed by atoms with Crippen molar-refractivity contribution in [3.05, 3.63) is 64.8 Å². The molecule has 0 N–H and O–H groups in total. The number of likely N-dealkylation sites (tertiary alicyclic amines) is 1. The molecule has 1 saturated heterocycles. The molecule has 0 spiro atoms. The second-order valence-corrected chi connectivity index (χ2v) is 8.57. The van der Waals surface area contributed by atoms with Gasteiger partial charge in [0.2, 0.25) is 0 Å². The van der Waals surface area contributed by atoms with Gasteiger partial charge in [0.1, 0.15) is 0 Å². The van der Waals surface area contributed by atoms with Gasteiger partial charge < -0.3 is 4.57 Å². The third kappa shape index (κ3) is 4.65. The normalized spacial score (nSPS) is 15.0. The van der Waals surface area contributed by atoms with Gasteiger partial charge in [0.25, 0.3) is 0 Å². The third-order valence-corrected chi connectivity index (χ3v) is 6.59. The Morgan fingerprint density at radius 2 is 1.78 bits per heavy atom. The number of hydrogen-bond acceptors (Lipinski definition) is 2. The van der Waals surface area contributed by atoms with Crippen LogP contribution in [-0.4, -0.2) is 22.6 Å². The quantitative estimate of drug-likeness (QED) is 0.433. The molecule has 144 valence electrons. The number of hydrogen-bond donors (Lipinski definition) is 0. The van der Waals surface area contributed by atoms with Crippen molar-refractivity contribution in [1.29, 1.82) is 0 Å². The average Bonchev–Trinajstić information content (AvgIpc) is 2.93. The van der Waals surface area contributed by atoms with Crippen LogP contribution in [0.15, 0.2) is 53.4 Å². The first kappa shape index (κ1) is 20.6. The van der Waals surface area contributed by atoms with Crippen molar-refractivity contribution in [2.24, 2.45) is 7.05 Å². The van der Waals surface area contributed by atoms with E-state index in [0.717, 1.165) is 17.3 Å². The van der Waals surface area contributed by atoms with E-state index in [1.807, 2.05) is 23.9 Å². The highest BCUT2D eigenvalue weighted by Gasteiger charge is 2.19. The number of aryl methyl sites for hydroxylation is 1. The summed E-state index contributed by atoms with van der Waals surface area (Å²) in [6.07, 6.45) is 4.04. The standard InChI is InChI=1S/C22H25ClN2S.ClH/c1-24-21-11-4-3-10-19(21)20(15-25-12-5-2-6-13-25)22(24)16-26-18-9-7-8-17(23)14-18;/h3-4,7-11,14H,2,5-6,12-13,15-16H2,1H3;1H. The fourth-order valence-corrected chi connectivity index (χ4v) is 5.25. The van der Waals surface area contributed by atoms with Gasteiger partial charge in [-0.2, -0.15) is 0 Å². The van der Waals surface area contributed by atoms with E-state index in [-0.39, 0.29) is 12.4 Å². The molecule has 1 fully saturated rings. The van der Waals surface area contributed by atoms with Gasteiger partial charge in [0.15, 0.2) is 0 Å². The van der Waals surface area contributed by atoms with Crippen molar-refractivity contribution in [2.75, 3.05) is 13.1 Å². The summed E-state index contributed by atoms with van der Waals surface area (Å²) >= 11 is 8.03. The third-order valence-electron chi connectivity index (χ3n) is 5.35. The maximum Gasteiger partial charge on any atom is 0.0483 e. The lowest BCUT2D eigenvalue weighted by molar-refractivity contribution is 0.221. The van der Waals surface area contributed by atoms with Crippen molar-refractivity contribution in [2.45, 2.75) is 36.5 Å². The fourth-order valence-electron chi connectivity index (χ4n) is 3.93. The van der Waals surface area contributed by atoms with E-state index in [2.05, 4.69) is 52.9 Å². The van der Waals surface area contributed by atoms with Gasteiger partial charge in [-0.1, -0.05) is 42.3 Å². The first-order valence-electron chi connectivity index (χ1n) is 9.38. The maximum absolute atomic E-state index is 6.16. The monoisotopic (exact) mass is 420 g/mol. The molecule has 3 aromatic rings. The van der Waals surface area contributed by atoms with Crippen LogP contribution in [0, 0.1) is 0 Å². The molecule has 5 heteroatoms. The molecule has 2 aromatic carbocycles. The molecule has 2 heterocycles. The van der Waals surface area contributed by atoms with E-state index in [0.29, 0.717) is 0 Å². The molecular formula is C22H26Cl2N2S. The first-order valence-corrected chi connectivity index (χ1v) is 10.7. The van der Waals surface area contributed by atoms with Crippen LogP contribution in [0.3, 0.4) is 0 Å². The largest absolute Gasteiger partial charge is 0.347 e. The molecule has 2 nitrogen and oxygen atoms in total. The predicted octanol–water partition coefficient (Wildman–Crippen LogP) is 6.53. The van der Waals surface area contributed by atoms with Crippen LogP contribution in [0.2, 0.25) is 5.02 Å². The van der Waals surface area contributed by atoms with Crippen LogP contribution in [0.1, 0.15) is 30.5 Å². The predicted molar refractivity (Wildman–Crippen MR) is 120 cm³/mol. The summed E-state index contributed by atoms with van der Waals surface area (Å²) in [5.74, 6) is 0.967. The highest BCUT2D eigenvalue weighted by atomic mass is 35.5. The lowest BCUT2D eigenvalue weighted by Crippen LogP contribution is -2.29. The molecule has 0 radical (unpaired) electrons. The average molecular weight is 421 g/mol. The van der Waals surface area contributed by atoms with Gasteiger partial charge in [-0.05, 0) is 55.8 Å². The van der Waals surface area contributed by atoms with Crippen LogP contribution in [0.4, 0.5) is 0 Å². The molecule has 1 aliphatic rings. The summed E-state index contributed by atoms with van der Waals surface area (Å²) in [4.78, 5) is 3.85. The molecule has 0 amide bonds. The van der Waals surface area contributed by atoms with Crippen molar-refractivity contribution in [3.63, 3.8) is 0 Å². The number of thioether (sulfide) groups is 1. The number of para-hydroxylation sites is 1. The number of aromatic nitrogens is 1. The first-order chi connectivity index (χ1) is 12.7. The smallest absolute Gasteiger partial charge is 0.0483 e. The van der Waals surface area contributed by atoms with Crippen molar-refractivity contribution < 1.29 is 0 Å². The zero-order valence-corrected chi connectivity index (χ0v) is 18.0. The molecular weight excluding hydrogens is 395 g/mol. The van der Waals surface area contributed by atoms with Crippen molar-refractivity contribution in [1.82, 2.24) is 9.47 Å². The van der Waals surface area contributed by atoms with Crippen LogP contribution in [-0.2, 0) is 19.3 Å². The molecule has 0 atom stereocenters. The molecule has 27 heavy (non-hydrogen) atoms. The lowest BCUT2D eigenvalue weighted by Gasteiger charge is -2.26. The number of benzene rings is 2. The van der Waals surface area contributed by atoms with Gasteiger partial charge in [-0.25, -0.2) is 0 Å². The fraction of sp³-hybridized carbons (Fsp3) is 0.364. The second kappa shape index (κ2) is 9.38. The second-order valence-electron chi connectivity index (χ2n) is 7.08. The van der Waals surface area contributed by atoms with Crippen LogP contribution in [0.25, 0.3) is 10.9 Å².